The van der Waals surface area contributed by atoms with Gasteiger partial charge >= 0.3 is 0 Å². The highest BCUT2D eigenvalue weighted by atomic mass is 35.5. The molecule has 0 fully saturated rings. The van der Waals surface area contributed by atoms with E-state index in [1.165, 1.54) is 5.01 Å². The van der Waals surface area contributed by atoms with Gasteiger partial charge in [-0.05, 0) is 24.6 Å². The smallest absolute Gasteiger partial charge is 0.0925 e. The lowest BCUT2D eigenvalue weighted by Gasteiger charge is -2.03. The molecule has 90 valence electrons. The first kappa shape index (κ1) is 12.7. The minimum Gasteiger partial charge on any atom is -0.399 e. The minimum atomic E-state index is 0.740. The summed E-state index contributed by atoms with van der Waals surface area (Å²) >= 11 is 9.48. The molecule has 1 aromatic heterocycles. The van der Waals surface area contributed by atoms with Crippen LogP contribution in [0, 0.1) is 0 Å². The molecule has 0 saturated heterocycles. The second-order valence-electron chi connectivity index (χ2n) is 3.56. The highest BCUT2D eigenvalue weighted by molar-refractivity contribution is 7.98. The largest absolute Gasteiger partial charge is 0.399 e. The number of aryl methyl sites for hydroxylation is 1. The van der Waals surface area contributed by atoms with Crippen LogP contribution in [0.2, 0.25) is 5.02 Å². The molecule has 17 heavy (non-hydrogen) atoms. The predicted octanol–water partition coefficient (Wildman–Crippen LogP) is 4.23. The molecule has 0 atom stereocenters. The van der Waals surface area contributed by atoms with Gasteiger partial charge in [0.25, 0.3) is 0 Å². The van der Waals surface area contributed by atoms with Crippen molar-refractivity contribution in [3.05, 3.63) is 39.3 Å². The number of benzene rings is 1. The van der Waals surface area contributed by atoms with Crippen molar-refractivity contribution in [2.24, 2.45) is 0 Å². The van der Waals surface area contributed by atoms with Crippen molar-refractivity contribution >= 4 is 40.4 Å². The predicted molar refractivity (Wildman–Crippen MR) is 76.9 cm³/mol. The summed E-state index contributed by atoms with van der Waals surface area (Å²) in [5.41, 5.74) is 7.58. The molecule has 5 heteroatoms. The van der Waals surface area contributed by atoms with Crippen LogP contribution in [-0.4, -0.2) is 4.98 Å². The highest BCUT2D eigenvalue weighted by Crippen LogP contribution is 2.31. The topological polar surface area (TPSA) is 38.9 Å². The van der Waals surface area contributed by atoms with Crippen molar-refractivity contribution in [1.29, 1.82) is 0 Å². The van der Waals surface area contributed by atoms with Gasteiger partial charge in [0.2, 0.25) is 0 Å². The fourth-order valence-corrected chi connectivity index (χ4v) is 3.37. The SMILES string of the molecule is CCc1nc(CSc2cc(N)ccc2Cl)cs1. The summed E-state index contributed by atoms with van der Waals surface area (Å²) in [6, 6.07) is 5.54. The average Bonchev–Trinajstić information content (AvgIpc) is 2.78. The first-order valence-electron chi connectivity index (χ1n) is 5.30. The Morgan fingerprint density at radius 3 is 3.00 bits per heavy atom. The summed E-state index contributed by atoms with van der Waals surface area (Å²) in [7, 11) is 0. The monoisotopic (exact) mass is 284 g/mol. The van der Waals surface area contributed by atoms with E-state index in [9.17, 15) is 0 Å². The van der Waals surface area contributed by atoms with Crippen LogP contribution < -0.4 is 5.73 Å². The zero-order chi connectivity index (χ0) is 12.3. The number of hydrogen-bond donors (Lipinski definition) is 1. The lowest BCUT2D eigenvalue weighted by atomic mass is 10.3. The quantitative estimate of drug-likeness (QED) is 0.674. The summed E-state index contributed by atoms with van der Waals surface area (Å²) in [4.78, 5) is 5.53. The van der Waals surface area contributed by atoms with Gasteiger partial charge in [0.1, 0.15) is 0 Å². The Hall–Kier alpha value is -0.710. The summed E-state index contributed by atoms with van der Waals surface area (Å²) < 4.78 is 0. The molecule has 1 heterocycles. The number of halogens is 1. The van der Waals surface area contributed by atoms with Gasteiger partial charge in [0, 0.05) is 21.7 Å². The standard InChI is InChI=1S/C12H13ClN2S2/c1-2-12-15-9(7-17-12)6-16-11-5-8(14)3-4-10(11)13/h3-5,7H,2,6,14H2,1H3. The molecule has 2 rings (SSSR count). The van der Waals surface area contributed by atoms with Gasteiger partial charge in [0.05, 0.1) is 15.7 Å². The summed E-state index contributed by atoms with van der Waals surface area (Å²) in [6.45, 7) is 2.12. The molecule has 0 aliphatic carbocycles. The third-order valence-electron chi connectivity index (χ3n) is 2.23. The van der Waals surface area contributed by atoms with E-state index in [1.54, 1.807) is 23.1 Å². The van der Waals surface area contributed by atoms with Crippen LogP contribution in [0.3, 0.4) is 0 Å². The van der Waals surface area contributed by atoms with E-state index < -0.39 is 0 Å². The maximum Gasteiger partial charge on any atom is 0.0925 e. The van der Waals surface area contributed by atoms with Crippen LogP contribution >= 0.6 is 34.7 Å². The number of nitrogen functional groups attached to an aromatic ring is 1. The van der Waals surface area contributed by atoms with E-state index in [4.69, 9.17) is 17.3 Å². The Bertz CT molecular complexity index is 511. The molecular formula is C12H13ClN2S2. The maximum absolute atomic E-state index is 6.10. The number of rotatable bonds is 4. The first-order chi connectivity index (χ1) is 8.19. The zero-order valence-corrected chi connectivity index (χ0v) is 11.8. The number of thioether (sulfide) groups is 1. The molecule has 1 aromatic carbocycles. The Balaban J connectivity index is 2.04. The Labute approximate surface area is 114 Å². The van der Waals surface area contributed by atoms with Crippen molar-refractivity contribution in [3.8, 4) is 0 Å². The van der Waals surface area contributed by atoms with Crippen molar-refractivity contribution < 1.29 is 0 Å². The fraction of sp³-hybridized carbons (Fsp3) is 0.250. The molecule has 0 spiro atoms. The van der Waals surface area contributed by atoms with Crippen LogP contribution in [0.4, 0.5) is 5.69 Å². The van der Waals surface area contributed by atoms with Gasteiger partial charge < -0.3 is 5.73 Å². The maximum atomic E-state index is 6.10. The number of nitrogens with zero attached hydrogens (tertiary/aromatic N) is 1. The van der Waals surface area contributed by atoms with Gasteiger partial charge in [-0.15, -0.1) is 23.1 Å². The molecule has 2 N–H and O–H groups in total. The third kappa shape index (κ3) is 3.37. The van der Waals surface area contributed by atoms with E-state index in [0.717, 1.165) is 33.5 Å². The van der Waals surface area contributed by atoms with Crippen LogP contribution in [-0.2, 0) is 12.2 Å². The van der Waals surface area contributed by atoms with E-state index in [2.05, 4.69) is 17.3 Å². The molecule has 0 unspecified atom stereocenters. The number of aromatic nitrogens is 1. The molecule has 0 aliphatic heterocycles. The molecule has 0 saturated carbocycles. The molecular weight excluding hydrogens is 272 g/mol. The van der Waals surface area contributed by atoms with Gasteiger partial charge in [-0.1, -0.05) is 18.5 Å². The molecule has 0 bridgehead atoms. The number of hydrogen-bond acceptors (Lipinski definition) is 4. The number of nitrogens with two attached hydrogens (primary N) is 1. The van der Waals surface area contributed by atoms with Gasteiger partial charge in [-0.3, -0.25) is 0 Å². The molecule has 0 amide bonds. The summed E-state index contributed by atoms with van der Waals surface area (Å²) in [5, 5.41) is 4.03. The van der Waals surface area contributed by atoms with Gasteiger partial charge in [-0.2, -0.15) is 0 Å². The third-order valence-corrected chi connectivity index (χ3v) is 4.81. The van der Waals surface area contributed by atoms with E-state index in [-0.39, 0.29) is 0 Å². The van der Waals surface area contributed by atoms with E-state index >= 15 is 0 Å². The first-order valence-corrected chi connectivity index (χ1v) is 7.54. The molecule has 2 aromatic rings. The molecule has 0 radical (unpaired) electrons. The van der Waals surface area contributed by atoms with Gasteiger partial charge in [0.15, 0.2) is 0 Å². The zero-order valence-electron chi connectivity index (χ0n) is 9.44. The van der Waals surface area contributed by atoms with Crippen LogP contribution in [0.25, 0.3) is 0 Å². The summed E-state index contributed by atoms with van der Waals surface area (Å²) in [5.74, 6) is 0.833. The molecule has 0 aliphatic rings. The normalized spacial score (nSPS) is 10.7. The van der Waals surface area contributed by atoms with Crippen molar-refractivity contribution in [2.75, 3.05) is 5.73 Å². The fourth-order valence-electron chi connectivity index (χ4n) is 1.36. The van der Waals surface area contributed by atoms with E-state index in [0.29, 0.717) is 0 Å². The Morgan fingerprint density at radius 2 is 2.29 bits per heavy atom. The van der Waals surface area contributed by atoms with Crippen molar-refractivity contribution in [2.45, 2.75) is 24.0 Å². The second kappa shape index (κ2) is 5.76. The number of thiazole rings is 1. The minimum absolute atomic E-state index is 0.740. The Kier molecular flexibility index (Phi) is 4.31. The average molecular weight is 285 g/mol. The molecule has 2 nitrogen and oxygen atoms in total. The van der Waals surface area contributed by atoms with Gasteiger partial charge in [-0.25, -0.2) is 4.98 Å². The number of anilines is 1. The van der Waals surface area contributed by atoms with Crippen molar-refractivity contribution in [3.63, 3.8) is 0 Å². The van der Waals surface area contributed by atoms with Crippen LogP contribution in [0.15, 0.2) is 28.5 Å². The van der Waals surface area contributed by atoms with Crippen molar-refractivity contribution in [1.82, 2.24) is 4.98 Å². The van der Waals surface area contributed by atoms with Crippen LogP contribution in [0.1, 0.15) is 17.6 Å². The lowest BCUT2D eigenvalue weighted by molar-refractivity contribution is 1.06. The second-order valence-corrected chi connectivity index (χ2v) is 5.93. The summed E-state index contributed by atoms with van der Waals surface area (Å²) in [6.07, 6.45) is 0.994. The van der Waals surface area contributed by atoms with E-state index in [1.807, 2.05) is 18.2 Å². The lowest BCUT2D eigenvalue weighted by Crippen LogP contribution is -1.87. The van der Waals surface area contributed by atoms with Crippen LogP contribution in [0.5, 0.6) is 0 Å². The Morgan fingerprint density at radius 1 is 1.47 bits per heavy atom. The highest BCUT2D eigenvalue weighted by Gasteiger charge is 2.05.